The molecule has 0 bridgehead atoms. The van der Waals surface area contributed by atoms with Gasteiger partial charge < -0.3 is 9.50 Å². The van der Waals surface area contributed by atoms with E-state index in [1.54, 1.807) is 24.3 Å². The Balaban J connectivity index is 1.63. The van der Waals surface area contributed by atoms with E-state index < -0.39 is 21.3 Å². The maximum absolute atomic E-state index is 12.7. The molecule has 1 fully saturated rings. The predicted octanol–water partition coefficient (Wildman–Crippen LogP) is 1.70. The minimum atomic E-state index is -4.07. The van der Waals surface area contributed by atoms with Crippen LogP contribution in [0.5, 0.6) is 0 Å². The van der Waals surface area contributed by atoms with Gasteiger partial charge in [-0.15, -0.1) is 0 Å². The summed E-state index contributed by atoms with van der Waals surface area (Å²) in [6, 6.07) is 10.3. The quantitative estimate of drug-likeness (QED) is 0.668. The standard InChI is InChI=1S/C20H17NO6S/c22-18-14-3-1-2-4-15(14)19(23)17-11-12(5-6-16(17)18)20(24)27-28(25,26)13-7-9-21-10-8-13/h1-6,11,13,21H,7-10H2. The van der Waals surface area contributed by atoms with Gasteiger partial charge in [0.05, 0.1) is 10.8 Å². The van der Waals surface area contributed by atoms with E-state index in [0.29, 0.717) is 31.5 Å². The van der Waals surface area contributed by atoms with E-state index in [1.165, 1.54) is 18.2 Å². The topological polar surface area (TPSA) is 107 Å². The van der Waals surface area contributed by atoms with Crippen molar-refractivity contribution in [2.24, 2.45) is 0 Å². The average molecular weight is 399 g/mol. The number of fused-ring (bicyclic) bond motifs is 2. The summed E-state index contributed by atoms with van der Waals surface area (Å²) in [5.41, 5.74) is 0.729. The first-order valence-electron chi connectivity index (χ1n) is 8.89. The Labute approximate surface area is 161 Å². The number of hydrogen-bond donors (Lipinski definition) is 1. The van der Waals surface area contributed by atoms with Crippen molar-refractivity contribution in [3.05, 3.63) is 70.3 Å². The van der Waals surface area contributed by atoms with E-state index in [4.69, 9.17) is 4.18 Å². The highest BCUT2D eigenvalue weighted by atomic mass is 32.2. The van der Waals surface area contributed by atoms with E-state index in [9.17, 15) is 22.8 Å². The van der Waals surface area contributed by atoms with Crippen molar-refractivity contribution in [1.82, 2.24) is 5.32 Å². The molecule has 2 aromatic rings. The lowest BCUT2D eigenvalue weighted by Crippen LogP contribution is -2.37. The van der Waals surface area contributed by atoms with Gasteiger partial charge in [0.25, 0.3) is 0 Å². The normalized spacial score (nSPS) is 17.0. The number of carbonyl (C=O) groups is 3. The van der Waals surface area contributed by atoms with Crippen molar-refractivity contribution in [2.45, 2.75) is 18.1 Å². The first-order valence-corrected chi connectivity index (χ1v) is 10.4. The van der Waals surface area contributed by atoms with Crippen LogP contribution in [-0.4, -0.2) is 44.3 Å². The monoisotopic (exact) mass is 399 g/mol. The zero-order chi connectivity index (χ0) is 19.9. The summed E-state index contributed by atoms with van der Waals surface area (Å²) in [5.74, 6) is -1.76. The number of nitrogens with one attached hydrogen (secondary N) is 1. The molecular formula is C20H17NO6S. The second kappa shape index (κ2) is 6.96. The van der Waals surface area contributed by atoms with Crippen molar-refractivity contribution in [1.29, 1.82) is 0 Å². The molecule has 0 amide bonds. The van der Waals surface area contributed by atoms with Crippen LogP contribution in [0.4, 0.5) is 0 Å². The molecule has 0 spiro atoms. The van der Waals surface area contributed by atoms with Crippen molar-refractivity contribution >= 4 is 27.7 Å². The number of benzene rings is 2. The molecular weight excluding hydrogens is 382 g/mol. The Morgan fingerprint density at radius 3 is 2.11 bits per heavy atom. The highest BCUT2D eigenvalue weighted by Gasteiger charge is 2.33. The molecule has 28 heavy (non-hydrogen) atoms. The van der Waals surface area contributed by atoms with E-state index >= 15 is 0 Å². The van der Waals surface area contributed by atoms with E-state index in [2.05, 4.69) is 5.32 Å². The molecule has 0 aromatic heterocycles. The number of carbonyl (C=O) groups excluding carboxylic acids is 3. The number of piperidine rings is 1. The van der Waals surface area contributed by atoms with Gasteiger partial charge in [0.1, 0.15) is 0 Å². The van der Waals surface area contributed by atoms with Gasteiger partial charge in [-0.05, 0) is 44.1 Å². The SMILES string of the molecule is O=C(OS(=O)(=O)C1CCNCC1)c1ccc2c(c1)C(=O)c1ccccc1C2=O. The minimum Gasteiger partial charge on any atom is -0.341 e. The molecule has 144 valence electrons. The zero-order valence-electron chi connectivity index (χ0n) is 14.8. The smallest absolute Gasteiger partial charge is 0.341 e. The highest BCUT2D eigenvalue weighted by Crippen LogP contribution is 2.28. The molecule has 0 saturated carbocycles. The fourth-order valence-corrected chi connectivity index (χ4v) is 4.79. The molecule has 2 aromatic carbocycles. The fourth-order valence-electron chi connectivity index (χ4n) is 3.53. The summed E-state index contributed by atoms with van der Waals surface area (Å²) in [6.45, 7) is 1.08. The molecule has 1 N–H and O–H groups in total. The van der Waals surface area contributed by atoms with Crippen molar-refractivity contribution in [2.75, 3.05) is 13.1 Å². The van der Waals surface area contributed by atoms with E-state index in [-0.39, 0.29) is 33.8 Å². The lowest BCUT2D eigenvalue weighted by Gasteiger charge is -2.22. The second-order valence-corrected chi connectivity index (χ2v) is 8.60. The molecule has 8 heteroatoms. The fraction of sp³-hybridized carbons (Fsp3) is 0.250. The second-order valence-electron chi connectivity index (χ2n) is 6.78. The Kier molecular flexibility index (Phi) is 4.60. The Hall–Kier alpha value is -2.84. The molecule has 1 heterocycles. The molecule has 1 aliphatic carbocycles. The molecule has 7 nitrogen and oxygen atoms in total. The third kappa shape index (κ3) is 3.14. The summed E-state index contributed by atoms with van der Waals surface area (Å²) >= 11 is 0. The first-order chi connectivity index (χ1) is 13.4. The Bertz CT molecular complexity index is 1100. The summed E-state index contributed by atoms with van der Waals surface area (Å²) in [6.07, 6.45) is 0.729. The van der Waals surface area contributed by atoms with Crippen LogP contribution in [-0.2, 0) is 14.3 Å². The van der Waals surface area contributed by atoms with Crippen molar-refractivity contribution < 1.29 is 27.0 Å². The summed E-state index contributed by atoms with van der Waals surface area (Å²) < 4.78 is 29.5. The molecule has 2 aliphatic rings. The molecule has 1 saturated heterocycles. The summed E-state index contributed by atoms with van der Waals surface area (Å²) in [7, 11) is -4.07. The third-order valence-corrected chi connectivity index (χ3v) is 6.72. The van der Waals surface area contributed by atoms with E-state index in [0.717, 1.165) is 0 Å². The molecule has 0 unspecified atom stereocenters. The van der Waals surface area contributed by atoms with Gasteiger partial charge in [0.2, 0.25) is 0 Å². The van der Waals surface area contributed by atoms with Crippen molar-refractivity contribution in [3.8, 4) is 0 Å². The van der Waals surface area contributed by atoms with Gasteiger partial charge in [0, 0.05) is 22.3 Å². The van der Waals surface area contributed by atoms with Gasteiger partial charge in [-0.25, -0.2) is 4.79 Å². The van der Waals surface area contributed by atoms with Crippen LogP contribution in [0, 0.1) is 0 Å². The largest absolute Gasteiger partial charge is 0.353 e. The maximum atomic E-state index is 12.7. The molecule has 4 rings (SSSR count). The summed E-state index contributed by atoms with van der Waals surface area (Å²) in [5, 5.41) is 2.30. The molecule has 1 aliphatic heterocycles. The average Bonchev–Trinajstić information content (AvgIpc) is 2.72. The van der Waals surface area contributed by atoms with Gasteiger partial charge in [-0.2, -0.15) is 8.42 Å². The van der Waals surface area contributed by atoms with Crippen molar-refractivity contribution in [3.63, 3.8) is 0 Å². The zero-order valence-corrected chi connectivity index (χ0v) is 15.6. The van der Waals surface area contributed by atoms with Crippen LogP contribution in [0.15, 0.2) is 42.5 Å². The van der Waals surface area contributed by atoms with Crippen LogP contribution in [0.2, 0.25) is 0 Å². The first kappa shape index (κ1) is 18.5. The number of hydrogen-bond acceptors (Lipinski definition) is 7. The number of rotatable bonds is 3. The lowest BCUT2D eigenvalue weighted by atomic mass is 9.83. The maximum Gasteiger partial charge on any atom is 0.353 e. The molecule has 0 atom stereocenters. The minimum absolute atomic E-state index is 0.0671. The van der Waals surface area contributed by atoms with Gasteiger partial charge in [0.15, 0.2) is 11.6 Å². The predicted molar refractivity (Wildman–Crippen MR) is 100.0 cm³/mol. The highest BCUT2D eigenvalue weighted by molar-refractivity contribution is 7.87. The van der Waals surface area contributed by atoms with Gasteiger partial charge in [-0.1, -0.05) is 24.3 Å². The molecule has 0 radical (unpaired) electrons. The van der Waals surface area contributed by atoms with Crippen LogP contribution in [0.3, 0.4) is 0 Å². The third-order valence-electron chi connectivity index (χ3n) is 5.05. The Morgan fingerprint density at radius 2 is 1.46 bits per heavy atom. The Morgan fingerprint density at radius 1 is 0.893 bits per heavy atom. The lowest BCUT2D eigenvalue weighted by molar-refractivity contribution is 0.0742. The van der Waals surface area contributed by atoms with Crippen LogP contribution in [0.25, 0.3) is 0 Å². The van der Waals surface area contributed by atoms with Gasteiger partial charge in [-0.3, -0.25) is 9.59 Å². The van der Waals surface area contributed by atoms with Crippen LogP contribution >= 0.6 is 0 Å². The van der Waals surface area contributed by atoms with E-state index in [1.807, 2.05) is 0 Å². The number of ketones is 2. The van der Waals surface area contributed by atoms with Crippen LogP contribution in [0.1, 0.15) is 55.0 Å². The summed E-state index contributed by atoms with van der Waals surface area (Å²) in [4.78, 5) is 37.7. The van der Waals surface area contributed by atoms with Gasteiger partial charge >= 0.3 is 16.1 Å². The van der Waals surface area contributed by atoms with Crippen LogP contribution < -0.4 is 5.32 Å².